The highest BCUT2D eigenvalue weighted by Crippen LogP contribution is 2.16. The molecule has 6 nitrogen and oxygen atoms in total. The second kappa shape index (κ2) is 7.21. The SMILES string of the molecule is CCN(CC1CCCO1)C(=O)c1ccc(S(=O)(=O)NC)cc1. The van der Waals surface area contributed by atoms with Gasteiger partial charge in [-0.25, -0.2) is 13.1 Å². The van der Waals surface area contributed by atoms with E-state index in [1.54, 1.807) is 17.0 Å². The number of benzene rings is 1. The fourth-order valence-electron chi connectivity index (χ4n) is 2.47. The van der Waals surface area contributed by atoms with Crippen molar-refractivity contribution in [1.82, 2.24) is 9.62 Å². The number of sulfonamides is 1. The van der Waals surface area contributed by atoms with E-state index in [1.807, 2.05) is 6.92 Å². The van der Waals surface area contributed by atoms with Gasteiger partial charge in [0.1, 0.15) is 0 Å². The molecule has 2 rings (SSSR count). The summed E-state index contributed by atoms with van der Waals surface area (Å²) in [6.07, 6.45) is 2.11. The van der Waals surface area contributed by atoms with Crippen LogP contribution < -0.4 is 4.72 Å². The minimum atomic E-state index is -3.48. The number of carbonyl (C=O) groups excluding carboxylic acids is 1. The van der Waals surface area contributed by atoms with Crippen molar-refractivity contribution < 1.29 is 17.9 Å². The monoisotopic (exact) mass is 326 g/mol. The predicted octanol–water partition coefficient (Wildman–Crippen LogP) is 1.24. The molecular formula is C15H22N2O4S. The lowest BCUT2D eigenvalue weighted by molar-refractivity contribution is 0.0539. The number of carbonyl (C=O) groups is 1. The van der Waals surface area contributed by atoms with Crippen molar-refractivity contribution in [3.05, 3.63) is 29.8 Å². The summed E-state index contributed by atoms with van der Waals surface area (Å²) >= 11 is 0. The van der Waals surface area contributed by atoms with Gasteiger partial charge in [0.25, 0.3) is 5.91 Å². The summed E-state index contributed by atoms with van der Waals surface area (Å²) in [6, 6.07) is 5.98. The topological polar surface area (TPSA) is 75.7 Å². The average Bonchev–Trinajstić information content (AvgIpc) is 3.05. The van der Waals surface area contributed by atoms with Crippen molar-refractivity contribution in [2.75, 3.05) is 26.7 Å². The zero-order valence-corrected chi connectivity index (χ0v) is 13.7. The van der Waals surface area contributed by atoms with Crippen molar-refractivity contribution in [1.29, 1.82) is 0 Å². The Kier molecular flexibility index (Phi) is 5.55. The largest absolute Gasteiger partial charge is 0.376 e. The highest BCUT2D eigenvalue weighted by atomic mass is 32.2. The molecule has 1 saturated heterocycles. The van der Waals surface area contributed by atoms with Gasteiger partial charge in [-0.2, -0.15) is 0 Å². The third kappa shape index (κ3) is 3.85. The molecule has 1 fully saturated rings. The van der Waals surface area contributed by atoms with Gasteiger partial charge in [-0.15, -0.1) is 0 Å². The van der Waals surface area contributed by atoms with Crippen LogP contribution in [-0.2, 0) is 14.8 Å². The van der Waals surface area contributed by atoms with E-state index in [0.29, 0.717) is 18.7 Å². The van der Waals surface area contributed by atoms with Crippen LogP contribution >= 0.6 is 0 Å². The molecule has 0 spiro atoms. The lowest BCUT2D eigenvalue weighted by Gasteiger charge is -2.24. The number of ether oxygens (including phenoxy) is 1. The average molecular weight is 326 g/mol. The van der Waals surface area contributed by atoms with Gasteiger partial charge in [0.15, 0.2) is 0 Å². The van der Waals surface area contributed by atoms with Gasteiger partial charge in [-0.1, -0.05) is 0 Å². The first-order valence-corrected chi connectivity index (χ1v) is 8.90. The first-order valence-electron chi connectivity index (χ1n) is 7.42. The van der Waals surface area contributed by atoms with E-state index in [0.717, 1.165) is 19.4 Å². The second-order valence-corrected chi connectivity index (χ2v) is 7.10. The van der Waals surface area contributed by atoms with Crippen LogP contribution in [0.1, 0.15) is 30.1 Å². The fourth-order valence-corrected chi connectivity index (χ4v) is 3.20. The molecule has 0 bridgehead atoms. The van der Waals surface area contributed by atoms with E-state index >= 15 is 0 Å². The molecule has 1 atom stereocenters. The summed E-state index contributed by atoms with van der Waals surface area (Å²) in [5.41, 5.74) is 0.481. The predicted molar refractivity (Wildman–Crippen MR) is 83.2 cm³/mol. The van der Waals surface area contributed by atoms with Gasteiger partial charge in [0.05, 0.1) is 11.0 Å². The highest BCUT2D eigenvalue weighted by Gasteiger charge is 2.22. The van der Waals surface area contributed by atoms with Crippen molar-refractivity contribution in [3.63, 3.8) is 0 Å². The third-order valence-electron chi connectivity index (χ3n) is 3.80. The minimum Gasteiger partial charge on any atom is -0.376 e. The Morgan fingerprint density at radius 1 is 1.36 bits per heavy atom. The zero-order chi connectivity index (χ0) is 16.2. The molecule has 1 heterocycles. The summed E-state index contributed by atoms with van der Waals surface area (Å²) in [5, 5.41) is 0. The number of hydrogen-bond donors (Lipinski definition) is 1. The second-order valence-electron chi connectivity index (χ2n) is 5.21. The number of hydrogen-bond acceptors (Lipinski definition) is 4. The van der Waals surface area contributed by atoms with Gasteiger partial charge >= 0.3 is 0 Å². The van der Waals surface area contributed by atoms with Gasteiger partial charge in [-0.3, -0.25) is 4.79 Å². The Hall–Kier alpha value is -1.44. The van der Waals surface area contributed by atoms with E-state index < -0.39 is 10.0 Å². The molecule has 1 N–H and O–H groups in total. The Bertz CT molecular complexity index is 607. The molecule has 1 aliphatic heterocycles. The van der Waals surface area contributed by atoms with Gasteiger partial charge in [-0.05, 0) is 51.1 Å². The molecule has 1 aromatic carbocycles. The molecule has 7 heteroatoms. The van der Waals surface area contributed by atoms with Crippen molar-refractivity contribution >= 4 is 15.9 Å². The fraction of sp³-hybridized carbons (Fsp3) is 0.533. The van der Waals surface area contributed by atoms with Crippen LogP contribution in [0.5, 0.6) is 0 Å². The summed E-state index contributed by atoms with van der Waals surface area (Å²) in [4.78, 5) is 14.4. The Labute approximate surface area is 131 Å². The van der Waals surface area contributed by atoms with Crippen LogP contribution in [0.15, 0.2) is 29.2 Å². The molecule has 0 saturated carbocycles. The summed E-state index contributed by atoms with van der Waals surface area (Å²) in [5.74, 6) is -0.105. The van der Waals surface area contributed by atoms with Crippen LogP contribution in [0, 0.1) is 0 Å². The Balaban J connectivity index is 2.10. The molecule has 0 aliphatic carbocycles. The molecule has 1 aliphatic rings. The van der Waals surface area contributed by atoms with Crippen LogP contribution in [0.25, 0.3) is 0 Å². The van der Waals surface area contributed by atoms with Crippen molar-refractivity contribution in [2.24, 2.45) is 0 Å². The molecule has 1 aromatic rings. The van der Waals surface area contributed by atoms with Gasteiger partial charge in [0, 0.05) is 25.3 Å². The molecule has 122 valence electrons. The minimum absolute atomic E-state index is 0.104. The molecular weight excluding hydrogens is 304 g/mol. The number of rotatable bonds is 6. The van der Waals surface area contributed by atoms with Crippen LogP contribution in [0.4, 0.5) is 0 Å². The van der Waals surface area contributed by atoms with E-state index in [9.17, 15) is 13.2 Å². The summed E-state index contributed by atoms with van der Waals surface area (Å²) < 4.78 is 31.2. The van der Waals surface area contributed by atoms with Gasteiger partial charge in [0.2, 0.25) is 10.0 Å². The summed E-state index contributed by atoms with van der Waals surface area (Å²) in [7, 11) is -2.12. The lowest BCUT2D eigenvalue weighted by atomic mass is 10.1. The number of likely N-dealkylation sites (N-methyl/N-ethyl adjacent to an activating group) is 1. The van der Waals surface area contributed by atoms with E-state index in [4.69, 9.17) is 4.74 Å². The zero-order valence-electron chi connectivity index (χ0n) is 12.9. The maximum Gasteiger partial charge on any atom is 0.253 e. The van der Waals surface area contributed by atoms with Crippen LogP contribution in [0.2, 0.25) is 0 Å². The Morgan fingerprint density at radius 2 is 2.05 bits per heavy atom. The molecule has 1 unspecified atom stereocenters. The molecule has 0 aromatic heterocycles. The van der Waals surface area contributed by atoms with E-state index in [1.165, 1.54) is 19.2 Å². The van der Waals surface area contributed by atoms with E-state index in [-0.39, 0.29) is 16.9 Å². The Morgan fingerprint density at radius 3 is 2.55 bits per heavy atom. The molecule has 22 heavy (non-hydrogen) atoms. The molecule has 1 amide bonds. The highest BCUT2D eigenvalue weighted by molar-refractivity contribution is 7.89. The maximum atomic E-state index is 12.5. The smallest absolute Gasteiger partial charge is 0.253 e. The normalized spacial score (nSPS) is 18.4. The van der Waals surface area contributed by atoms with Crippen LogP contribution in [-0.4, -0.2) is 52.1 Å². The first kappa shape index (κ1) is 16.9. The lowest BCUT2D eigenvalue weighted by Crippen LogP contribution is -2.37. The number of nitrogens with one attached hydrogen (secondary N) is 1. The molecule has 0 radical (unpaired) electrons. The standard InChI is InChI=1S/C15H22N2O4S/c1-3-17(11-13-5-4-10-21-13)15(18)12-6-8-14(9-7-12)22(19,20)16-2/h6-9,13,16H,3-5,10-11H2,1-2H3. The van der Waals surface area contributed by atoms with Gasteiger partial charge < -0.3 is 9.64 Å². The number of amides is 1. The first-order chi connectivity index (χ1) is 10.5. The third-order valence-corrected chi connectivity index (χ3v) is 5.23. The van der Waals surface area contributed by atoms with Crippen molar-refractivity contribution in [3.8, 4) is 0 Å². The van der Waals surface area contributed by atoms with E-state index in [2.05, 4.69) is 4.72 Å². The van der Waals surface area contributed by atoms with Crippen molar-refractivity contribution in [2.45, 2.75) is 30.8 Å². The summed E-state index contributed by atoms with van der Waals surface area (Å²) in [6.45, 7) is 3.85. The number of nitrogens with zero attached hydrogens (tertiary/aromatic N) is 1. The van der Waals surface area contributed by atoms with Crippen LogP contribution in [0.3, 0.4) is 0 Å². The quantitative estimate of drug-likeness (QED) is 0.853. The maximum absolute atomic E-state index is 12.5.